The second-order valence-electron chi connectivity index (χ2n) is 15.7. The minimum atomic E-state index is 0.893. The lowest BCUT2D eigenvalue weighted by atomic mass is 9.98. The van der Waals surface area contributed by atoms with E-state index in [-0.39, 0.29) is 0 Å². The van der Waals surface area contributed by atoms with Crippen LogP contribution in [0, 0.1) is 0 Å². The van der Waals surface area contributed by atoms with E-state index in [0.717, 1.165) is 55.7 Å². The lowest BCUT2D eigenvalue weighted by Gasteiger charge is -2.28. The van der Waals surface area contributed by atoms with Gasteiger partial charge in [0.15, 0.2) is 0 Å². The van der Waals surface area contributed by atoms with Crippen molar-refractivity contribution < 1.29 is 4.42 Å². The summed E-state index contributed by atoms with van der Waals surface area (Å²) >= 11 is 0. The molecule has 0 saturated heterocycles. The summed E-state index contributed by atoms with van der Waals surface area (Å²) in [7, 11) is 0. The molecule has 286 valence electrons. The molecule has 3 nitrogen and oxygen atoms in total. The van der Waals surface area contributed by atoms with Gasteiger partial charge >= 0.3 is 0 Å². The van der Waals surface area contributed by atoms with Gasteiger partial charge in [0.2, 0.25) is 0 Å². The monoisotopic (exact) mass is 778 g/mol. The Morgan fingerprint density at radius 3 is 1.66 bits per heavy atom. The molecule has 0 saturated carbocycles. The van der Waals surface area contributed by atoms with Crippen molar-refractivity contribution in [3.63, 3.8) is 0 Å². The number of furan rings is 1. The van der Waals surface area contributed by atoms with Crippen LogP contribution >= 0.6 is 0 Å². The predicted octanol–water partition coefficient (Wildman–Crippen LogP) is 16.3. The van der Waals surface area contributed by atoms with Crippen molar-refractivity contribution >= 4 is 71.6 Å². The second kappa shape index (κ2) is 14.3. The van der Waals surface area contributed by atoms with E-state index in [1.165, 1.54) is 55.0 Å². The number of aromatic nitrogens is 1. The smallest absolute Gasteiger partial charge is 0.143 e. The Hall–Kier alpha value is -8.14. The first-order valence-electron chi connectivity index (χ1n) is 20.8. The fourth-order valence-electron chi connectivity index (χ4n) is 9.34. The van der Waals surface area contributed by atoms with Gasteiger partial charge in [-0.3, -0.25) is 0 Å². The molecule has 0 radical (unpaired) electrons. The third-order valence-electron chi connectivity index (χ3n) is 12.2. The fraction of sp³-hybridized carbons (Fsp3) is 0. The van der Waals surface area contributed by atoms with E-state index in [4.69, 9.17) is 4.42 Å². The maximum atomic E-state index is 6.58. The summed E-state index contributed by atoms with van der Waals surface area (Å²) in [6, 6.07) is 82.8. The largest absolute Gasteiger partial charge is 0.455 e. The minimum absolute atomic E-state index is 0.893. The Bertz CT molecular complexity index is 3540. The average Bonchev–Trinajstić information content (AvgIpc) is 3.88. The standard InChI is InChI=1S/C58H38N2O/c1-2-15-43-38-45(37-34-39(43)14-1)59(54-24-9-6-19-49(54)51-21-13-22-52-50-20-7-12-27-57(50)61-58(51)52)44-35-32-41(33-36-44)40-28-30-42(31-29-40)46-16-3-8-23-53(46)60-55-25-10-4-17-47(55)48-18-5-11-26-56(48)60/h1-38H. The van der Waals surface area contributed by atoms with E-state index < -0.39 is 0 Å². The molecular weight excluding hydrogens is 741 g/mol. The molecule has 0 unspecified atom stereocenters. The van der Waals surface area contributed by atoms with Crippen molar-refractivity contribution in [2.75, 3.05) is 4.90 Å². The third-order valence-corrected chi connectivity index (χ3v) is 12.2. The lowest BCUT2D eigenvalue weighted by Crippen LogP contribution is -2.11. The molecule has 0 aliphatic heterocycles. The van der Waals surface area contributed by atoms with Crippen molar-refractivity contribution in [3.8, 4) is 39.1 Å². The first-order chi connectivity index (χ1) is 30.3. The summed E-state index contributed by atoms with van der Waals surface area (Å²) in [6.07, 6.45) is 0. The second-order valence-corrected chi connectivity index (χ2v) is 15.7. The molecule has 3 heteroatoms. The zero-order valence-electron chi connectivity index (χ0n) is 33.2. The molecule has 0 aliphatic carbocycles. The Balaban J connectivity index is 0.940. The van der Waals surface area contributed by atoms with Crippen LogP contribution in [0.25, 0.3) is 93.6 Å². The Morgan fingerprint density at radius 2 is 0.885 bits per heavy atom. The van der Waals surface area contributed by atoms with Crippen molar-refractivity contribution in [2.24, 2.45) is 0 Å². The maximum Gasteiger partial charge on any atom is 0.143 e. The van der Waals surface area contributed by atoms with E-state index in [1.54, 1.807) is 0 Å². The number of hydrogen-bond acceptors (Lipinski definition) is 2. The lowest BCUT2D eigenvalue weighted by molar-refractivity contribution is 0.670. The van der Waals surface area contributed by atoms with Crippen LogP contribution in [0.4, 0.5) is 17.1 Å². The van der Waals surface area contributed by atoms with Gasteiger partial charge < -0.3 is 13.9 Å². The predicted molar refractivity (Wildman–Crippen MR) is 257 cm³/mol. The number of anilines is 3. The van der Waals surface area contributed by atoms with Crippen LogP contribution in [-0.2, 0) is 0 Å². The molecule has 61 heavy (non-hydrogen) atoms. The van der Waals surface area contributed by atoms with Gasteiger partial charge in [0.05, 0.1) is 22.4 Å². The minimum Gasteiger partial charge on any atom is -0.455 e. The molecule has 12 rings (SSSR count). The topological polar surface area (TPSA) is 21.3 Å². The normalized spacial score (nSPS) is 11.6. The van der Waals surface area contributed by atoms with Gasteiger partial charge in [0, 0.05) is 49.6 Å². The Labute approximate surface area is 353 Å². The van der Waals surface area contributed by atoms with Crippen LogP contribution in [0.5, 0.6) is 0 Å². The Kier molecular flexibility index (Phi) is 8.17. The fourth-order valence-corrected chi connectivity index (χ4v) is 9.34. The summed E-state index contributed by atoms with van der Waals surface area (Å²) in [6.45, 7) is 0. The summed E-state index contributed by atoms with van der Waals surface area (Å²) in [5.74, 6) is 0. The van der Waals surface area contributed by atoms with Crippen molar-refractivity contribution in [2.45, 2.75) is 0 Å². The highest BCUT2D eigenvalue weighted by atomic mass is 16.3. The van der Waals surface area contributed by atoms with E-state index in [2.05, 4.69) is 228 Å². The molecule has 2 heterocycles. The van der Waals surface area contributed by atoms with Crippen LogP contribution in [0.15, 0.2) is 235 Å². The van der Waals surface area contributed by atoms with Crippen LogP contribution in [0.1, 0.15) is 0 Å². The number of fused-ring (bicyclic) bond motifs is 7. The highest BCUT2D eigenvalue weighted by Crippen LogP contribution is 2.45. The summed E-state index contributed by atoms with van der Waals surface area (Å²) in [5.41, 5.74) is 15.5. The summed E-state index contributed by atoms with van der Waals surface area (Å²) in [5, 5.41) is 7.17. The third kappa shape index (κ3) is 5.82. The summed E-state index contributed by atoms with van der Waals surface area (Å²) < 4.78 is 8.99. The molecule has 10 aromatic carbocycles. The average molecular weight is 779 g/mol. The number of nitrogens with zero attached hydrogens (tertiary/aromatic N) is 2. The molecule has 0 aliphatic rings. The van der Waals surface area contributed by atoms with E-state index >= 15 is 0 Å². The van der Waals surface area contributed by atoms with Crippen molar-refractivity contribution in [1.82, 2.24) is 4.57 Å². The van der Waals surface area contributed by atoms with Gasteiger partial charge in [-0.05, 0) is 82.1 Å². The molecule has 0 spiro atoms. The molecule has 12 aromatic rings. The van der Waals surface area contributed by atoms with Gasteiger partial charge in [-0.1, -0.05) is 176 Å². The first-order valence-corrected chi connectivity index (χ1v) is 20.8. The SMILES string of the molecule is c1ccc(N(c2ccc(-c3ccc(-c4ccccc4-n4c5ccccc5c5ccccc54)cc3)cc2)c2ccc3ccccc3c2)c(-c2cccc3c2oc2ccccc23)c1. The van der Waals surface area contributed by atoms with Crippen LogP contribution in [0.3, 0.4) is 0 Å². The molecule has 0 atom stereocenters. The zero-order chi connectivity index (χ0) is 40.3. The number of hydrogen-bond donors (Lipinski definition) is 0. The quantitative estimate of drug-likeness (QED) is 0.161. The van der Waals surface area contributed by atoms with Crippen LogP contribution < -0.4 is 4.90 Å². The maximum absolute atomic E-state index is 6.58. The van der Waals surface area contributed by atoms with Crippen molar-refractivity contribution in [3.05, 3.63) is 231 Å². The first kappa shape index (κ1) is 34.9. The number of para-hydroxylation sites is 6. The van der Waals surface area contributed by atoms with E-state index in [9.17, 15) is 0 Å². The molecule has 0 amide bonds. The van der Waals surface area contributed by atoms with Crippen LogP contribution in [-0.4, -0.2) is 4.57 Å². The van der Waals surface area contributed by atoms with E-state index in [0.29, 0.717) is 0 Å². The highest BCUT2D eigenvalue weighted by Gasteiger charge is 2.21. The van der Waals surface area contributed by atoms with Gasteiger partial charge in [0.25, 0.3) is 0 Å². The molecule has 0 fully saturated rings. The number of benzene rings is 10. The highest BCUT2D eigenvalue weighted by molar-refractivity contribution is 6.11. The van der Waals surface area contributed by atoms with Gasteiger partial charge in [-0.15, -0.1) is 0 Å². The molecule has 0 N–H and O–H groups in total. The summed E-state index contributed by atoms with van der Waals surface area (Å²) in [4.78, 5) is 2.38. The van der Waals surface area contributed by atoms with Gasteiger partial charge in [0.1, 0.15) is 11.2 Å². The van der Waals surface area contributed by atoms with Gasteiger partial charge in [-0.25, -0.2) is 0 Å². The Morgan fingerprint density at radius 1 is 0.344 bits per heavy atom. The van der Waals surface area contributed by atoms with Gasteiger partial charge in [-0.2, -0.15) is 0 Å². The van der Waals surface area contributed by atoms with E-state index in [1.807, 2.05) is 12.1 Å². The molecule has 0 bridgehead atoms. The molecule has 2 aromatic heterocycles. The van der Waals surface area contributed by atoms with Crippen molar-refractivity contribution in [1.29, 1.82) is 0 Å². The van der Waals surface area contributed by atoms with Crippen LogP contribution in [0.2, 0.25) is 0 Å². The zero-order valence-corrected chi connectivity index (χ0v) is 33.2. The molecular formula is C58H38N2O. The number of rotatable bonds is 7.